The Hall–Kier alpha value is -1.65. The van der Waals surface area contributed by atoms with Gasteiger partial charge < -0.3 is 5.32 Å². The van der Waals surface area contributed by atoms with Gasteiger partial charge in [0.2, 0.25) is 0 Å². The van der Waals surface area contributed by atoms with Crippen molar-refractivity contribution in [3.8, 4) is 0 Å². The van der Waals surface area contributed by atoms with E-state index in [1.165, 1.54) is 5.56 Å². The number of amides is 1. The first kappa shape index (κ1) is 14.8. The average Bonchev–Trinajstić information content (AvgIpc) is 2.92. The average molecular weight is 288 g/mol. The van der Waals surface area contributed by atoms with E-state index in [-0.39, 0.29) is 5.91 Å². The van der Waals surface area contributed by atoms with Gasteiger partial charge in [-0.15, -0.1) is 0 Å². The zero-order valence-electron chi connectivity index (χ0n) is 12.1. The maximum absolute atomic E-state index is 12.0. The summed E-state index contributed by atoms with van der Waals surface area (Å²) in [7, 11) is 2.10. The zero-order valence-corrected chi connectivity index (χ0v) is 12.9. The lowest BCUT2D eigenvalue weighted by atomic mass is 10.1. The Kier molecular flexibility index (Phi) is 4.93. The maximum Gasteiger partial charge on any atom is 0.255 e. The molecular formula is C16H20N2OS. The molecule has 0 saturated carbocycles. The van der Waals surface area contributed by atoms with Crippen LogP contribution >= 0.6 is 11.3 Å². The summed E-state index contributed by atoms with van der Waals surface area (Å²) < 4.78 is 0. The van der Waals surface area contributed by atoms with Crippen LogP contribution in [0.5, 0.6) is 0 Å². The molecule has 0 fully saturated rings. The van der Waals surface area contributed by atoms with Crippen molar-refractivity contribution in [3.63, 3.8) is 0 Å². The van der Waals surface area contributed by atoms with Crippen molar-refractivity contribution in [3.05, 3.63) is 52.2 Å². The highest BCUT2D eigenvalue weighted by Crippen LogP contribution is 2.14. The number of hydrogen-bond acceptors (Lipinski definition) is 3. The fraction of sp³-hybridized carbons (Fsp3) is 0.312. The monoisotopic (exact) mass is 288 g/mol. The Morgan fingerprint density at radius 3 is 2.50 bits per heavy atom. The third kappa shape index (κ3) is 3.92. The van der Waals surface area contributed by atoms with Crippen LogP contribution in [0.15, 0.2) is 41.1 Å². The summed E-state index contributed by atoms with van der Waals surface area (Å²) >= 11 is 1.57. The fourth-order valence-electron chi connectivity index (χ4n) is 1.77. The summed E-state index contributed by atoms with van der Waals surface area (Å²) in [6, 6.07) is 10.2. The van der Waals surface area contributed by atoms with Crippen molar-refractivity contribution in [1.82, 2.24) is 4.90 Å². The minimum absolute atomic E-state index is 0.0628. The summed E-state index contributed by atoms with van der Waals surface area (Å²) in [6.45, 7) is 5.23. The highest BCUT2D eigenvalue weighted by Gasteiger charge is 2.08. The van der Waals surface area contributed by atoms with Gasteiger partial charge in [0.05, 0.1) is 5.69 Å². The van der Waals surface area contributed by atoms with Crippen molar-refractivity contribution in [1.29, 1.82) is 0 Å². The molecule has 0 saturated heterocycles. The fourth-order valence-corrected chi connectivity index (χ4v) is 2.36. The van der Waals surface area contributed by atoms with Gasteiger partial charge in [-0.25, -0.2) is 0 Å². The smallest absolute Gasteiger partial charge is 0.255 e. The van der Waals surface area contributed by atoms with E-state index in [1.54, 1.807) is 11.3 Å². The zero-order chi connectivity index (χ0) is 14.5. The van der Waals surface area contributed by atoms with E-state index >= 15 is 0 Å². The van der Waals surface area contributed by atoms with Crippen LogP contribution in [0.2, 0.25) is 0 Å². The Labute approximate surface area is 124 Å². The number of carbonyl (C=O) groups is 1. The first-order valence-electron chi connectivity index (χ1n) is 6.69. The van der Waals surface area contributed by atoms with Crippen molar-refractivity contribution >= 4 is 22.9 Å². The Balaban J connectivity index is 1.99. The molecule has 2 rings (SSSR count). The quantitative estimate of drug-likeness (QED) is 0.906. The van der Waals surface area contributed by atoms with E-state index in [1.807, 2.05) is 41.1 Å². The van der Waals surface area contributed by atoms with Gasteiger partial charge in [0, 0.05) is 23.5 Å². The van der Waals surface area contributed by atoms with Crippen LogP contribution < -0.4 is 5.32 Å². The molecule has 2 aromatic rings. The van der Waals surface area contributed by atoms with E-state index in [0.29, 0.717) is 11.6 Å². The largest absolute Gasteiger partial charge is 0.321 e. The molecule has 3 nitrogen and oxygen atoms in total. The molecule has 0 spiro atoms. The lowest BCUT2D eigenvalue weighted by Crippen LogP contribution is -2.25. The first-order chi connectivity index (χ1) is 9.56. The SMILES string of the molecule is CC(C)N(C)Cc1ccc(C(=O)Nc2ccsc2)cc1. The lowest BCUT2D eigenvalue weighted by Gasteiger charge is -2.20. The molecule has 106 valence electrons. The van der Waals surface area contributed by atoms with Crippen molar-refractivity contribution in [2.24, 2.45) is 0 Å². The van der Waals surface area contributed by atoms with Gasteiger partial charge in [-0.2, -0.15) is 11.3 Å². The third-order valence-corrected chi connectivity index (χ3v) is 3.99. The Bertz CT molecular complexity index is 546. The number of nitrogens with zero attached hydrogens (tertiary/aromatic N) is 1. The van der Waals surface area contributed by atoms with Crippen LogP contribution in [0.3, 0.4) is 0 Å². The van der Waals surface area contributed by atoms with Crippen LogP contribution in [0, 0.1) is 0 Å². The molecule has 0 aliphatic heterocycles. The molecule has 1 amide bonds. The molecule has 1 N–H and O–H groups in total. The number of carbonyl (C=O) groups excluding carboxylic acids is 1. The normalized spacial score (nSPS) is 11.1. The second kappa shape index (κ2) is 6.68. The van der Waals surface area contributed by atoms with Crippen molar-refractivity contribution in [2.75, 3.05) is 12.4 Å². The molecular weight excluding hydrogens is 268 g/mol. The van der Waals surface area contributed by atoms with Gasteiger partial charge in [-0.3, -0.25) is 9.69 Å². The van der Waals surface area contributed by atoms with E-state index in [9.17, 15) is 4.79 Å². The number of nitrogens with one attached hydrogen (secondary N) is 1. The van der Waals surface area contributed by atoms with Gasteiger partial charge in [-0.05, 0) is 50.0 Å². The van der Waals surface area contributed by atoms with Crippen LogP contribution in [-0.2, 0) is 6.54 Å². The highest BCUT2D eigenvalue weighted by molar-refractivity contribution is 7.08. The predicted molar refractivity (Wildman–Crippen MR) is 85.3 cm³/mol. The standard InChI is InChI=1S/C16H20N2OS/c1-12(2)18(3)10-13-4-6-14(7-5-13)16(19)17-15-8-9-20-11-15/h4-9,11-12H,10H2,1-3H3,(H,17,19). The number of rotatable bonds is 5. The number of anilines is 1. The number of thiophene rings is 1. The second-order valence-electron chi connectivity index (χ2n) is 5.17. The summed E-state index contributed by atoms with van der Waals surface area (Å²) in [4.78, 5) is 14.3. The molecule has 4 heteroatoms. The van der Waals surface area contributed by atoms with Gasteiger partial charge >= 0.3 is 0 Å². The first-order valence-corrected chi connectivity index (χ1v) is 7.63. The molecule has 0 bridgehead atoms. The summed E-state index contributed by atoms with van der Waals surface area (Å²) in [5.74, 6) is -0.0628. The van der Waals surface area contributed by atoms with E-state index < -0.39 is 0 Å². The van der Waals surface area contributed by atoms with Gasteiger partial charge in [0.25, 0.3) is 5.91 Å². The second-order valence-corrected chi connectivity index (χ2v) is 5.95. The topological polar surface area (TPSA) is 32.3 Å². The molecule has 0 unspecified atom stereocenters. The Morgan fingerprint density at radius 1 is 1.25 bits per heavy atom. The molecule has 0 atom stereocenters. The molecule has 0 aliphatic rings. The predicted octanol–water partition coefficient (Wildman–Crippen LogP) is 3.84. The number of benzene rings is 1. The molecule has 0 aliphatic carbocycles. The van der Waals surface area contributed by atoms with Gasteiger partial charge in [0.15, 0.2) is 0 Å². The van der Waals surface area contributed by atoms with Crippen LogP contribution in [0.1, 0.15) is 29.8 Å². The summed E-state index contributed by atoms with van der Waals surface area (Å²) in [6.07, 6.45) is 0. The molecule has 1 aromatic heterocycles. The lowest BCUT2D eigenvalue weighted by molar-refractivity contribution is 0.102. The number of hydrogen-bond donors (Lipinski definition) is 1. The minimum Gasteiger partial charge on any atom is -0.321 e. The van der Waals surface area contributed by atoms with E-state index in [0.717, 1.165) is 12.2 Å². The summed E-state index contributed by atoms with van der Waals surface area (Å²) in [5.41, 5.74) is 2.75. The van der Waals surface area contributed by atoms with E-state index in [4.69, 9.17) is 0 Å². The van der Waals surface area contributed by atoms with Crippen LogP contribution in [-0.4, -0.2) is 23.9 Å². The molecule has 1 heterocycles. The van der Waals surface area contributed by atoms with Gasteiger partial charge in [-0.1, -0.05) is 12.1 Å². The minimum atomic E-state index is -0.0628. The molecule has 20 heavy (non-hydrogen) atoms. The van der Waals surface area contributed by atoms with Crippen molar-refractivity contribution in [2.45, 2.75) is 26.4 Å². The third-order valence-electron chi connectivity index (χ3n) is 3.31. The Morgan fingerprint density at radius 2 is 1.95 bits per heavy atom. The van der Waals surface area contributed by atoms with Crippen molar-refractivity contribution < 1.29 is 4.79 Å². The highest BCUT2D eigenvalue weighted by atomic mass is 32.1. The molecule has 1 aromatic carbocycles. The van der Waals surface area contributed by atoms with Crippen LogP contribution in [0.4, 0.5) is 5.69 Å². The van der Waals surface area contributed by atoms with Crippen LogP contribution in [0.25, 0.3) is 0 Å². The maximum atomic E-state index is 12.0. The van der Waals surface area contributed by atoms with E-state index in [2.05, 4.69) is 31.1 Å². The summed E-state index contributed by atoms with van der Waals surface area (Å²) in [5, 5.41) is 6.74. The van der Waals surface area contributed by atoms with Gasteiger partial charge in [0.1, 0.15) is 0 Å². The molecule has 0 radical (unpaired) electrons.